The molecule has 0 atom stereocenters. The Hall–Kier alpha value is -1.98. The minimum Gasteiger partial charge on any atom is -0.315 e. The van der Waals surface area contributed by atoms with Gasteiger partial charge in [-0.3, -0.25) is 4.68 Å². The zero-order chi connectivity index (χ0) is 13.9. The van der Waals surface area contributed by atoms with E-state index in [1.807, 2.05) is 44.7 Å². The fourth-order valence-electron chi connectivity index (χ4n) is 2.11. The van der Waals surface area contributed by atoms with Gasteiger partial charge < -0.3 is 5.32 Å². The first-order valence-electron chi connectivity index (χ1n) is 6.46. The molecule has 1 aromatic carbocycles. The number of nitrogens with one attached hydrogen (secondary N) is 1. The summed E-state index contributed by atoms with van der Waals surface area (Å²) in [5.74, 6) is 0. The summed E-state index contributed by atoms with van der Waals surface area (Å²) in [5, 5.41) is 8.45. The highest BCUT2D eigenvalue weighted by Crippen LogP contribution is 2.33. The topological polar surface area (TPSA) is 42.7 Å². The van der Waals surface area contributed by atoms with Crippen molar-refractivity contribution in [3.63, 3.8) is 0 Å². The maximum atomic E-state index is 4.81. The van der Waals surface area contributed by atoms with Gasteiger partial charge in [-0.2, -0.15) is 5.10 Å². The fraction of sp³-hybridized carbons (Fsp3) is 0.200. The predicted molar refractivity (Wildman–Crippen MR) is 82.5 cm³/mol. The van der Waals surface area contributed by atoms with Crippen LogP contribution in [-0.4, -0.2) is 21.8 Å². The number of rotatable bonds is 4. The lowest BCUT2D eigenvalue weighted by molar-refractivity contribution is 0.768. The van der Waals surface area contributed by atoms with Gasteiger partial charge in [0.1, 0.15) is 5.01 Å². The Kier molecular flexibility index (Phi) is 3.62. The van der Waals surface area contributed by atoms with E-state index in [1.165, 1.54) is 4.88 Å². The number of aryl methyl sites for hydroxylation is 1. The van der Waals surface area contributed by atoms with E-state index in [1.54, 1.807) is 16.0 Å². The van der Waals surface area contributed by atoms with Crippen LogP contribution in [0.4, 0.5) is 0 Å². The van der Waals surface area contributed by atoms with Crippen LogP contribution >= 0.6 is 11.3 Å². The van der Waals surface area contributed by atoms with Crippen LogP contribution in [0.25, 0.3) is 21.8 Å². The third kappa shape index (κ3) is 2.50. The van der Waals surface area contributed by atoms with E-state index in [4.69, 9.17) is 4.98 Å². The standard InChI is InChI=1S/C15H16N4S/c1-16-9-13-14(11-6-4-3-5-7-11)18-15(20-13)12-8-17-19(2)10-12/h3-8,10,16H,9H2,1-2H3. The lowest BCUT2D eigenvalue weighted by atomic mass is 10.1. The highest BCUT2D eigenvalue weighted by atomic mass is 32.1. The Labute approximate surface area is 122 Å². The van der Waals surface area contributed by atoms with Crippen molar-refractivity contribution in [2.24, 2.45) is 7.05 Å². The number of nitrogens with zero attached hydrogens (tertiary/aromatic N) is 3. The highest BCUT2D eigenvalue weighted by Gasteiger charge is 2.14. The summed E-state index contributed by atoms with van der Waals surface area (Å²) in [4.78, 5) is 6.06. The summed E-state index contributed by atoms with van der Waals surface area (Å²) in [6.45, 7) is 0.822. The van der Waals surface area contributed by atoms with E-state index in [0.29, 0.717) is 0 Å². The molecular formula is C15H16N4S. The van der Waals surface area contributed by atoms with Crippen molar-refractivity contribution in [2.45, 2.75) is 6.54 Å². The van der Waals surface area contributed by atoms with Crippen LogP contribution in [-0.2, 0) is 13.6 Å². The van der Waals surface area contributed by atoms with Crippen LogP contribution in [0.3, 0.4) is 0 Å². The van der Waals surface area contributed by atoms with Crippen molar-refractivity contribution in [2.75, 3.05) is 7.05 Å². The van der Waals surface area contributed by atoms with E-state index in [-0.39, 0.29) is 0 Å². The molecule has 0 fully saturated rings. The average Bonchev–Trinajstić information content (AvgIpc) is 3.07. The SMILES string of the molecule is CNCc1sc(-c2cnn(C)c2)nc1-c1ccccc1. The Morgan fingerprint density at radius 1 is 1.20 bits per heavy atom. The second-order valence-electron chi connectivity index (χ2n) is 4.59. The van der Waals surface area contributed by atoms with Gasteiger partial charge in [0.15, 0.2) is 0 Å². The predicted octanol–water partition coefficient (Wildman–Crippen LogP) is 2.93. The van der Waals surface area contributed by atoms with Crippen molar-refractivity contribution in [1.82, 2.24) is 20.1 Å². The molecule has 4 nitrogen and oxygen atoms in total. The van der Waals surface area contributed by atoms with Gasteiger partial charge in [0.2, 0.25) is 0 Å². The molecule has 3 rings (SSSR count). The first-order chi connectivity index (χ1) is 9.78. The van der Waals surface area contributed by atoms with Gasteiger partial charge >= 0.3 is 0 Å². The summed E-state index contributed by atoms with van der Waals surface area (Å²) in [6.07, 6.45) is 3.85. The van der Waals surface area contributed by atoms with Gasteiger partial charge in [-0.15, -0.1) is 11.3 Å². The maximum absolute atomic E-state index is 4.81. The molecule has 0 bridgehead atoms. The van der Waals surface area contributed by atoms with E-state index in [2.05, 4.69) is 22.5 Å². The number of aromatic nitrogens is 3. The smallest absolute Gasteiger partial charge is 0.127 e. The molecule has 0 spiro atoms. The Bertz CT molecular complexity index is 700. The molecule has 0 saturated heterocycles. The van der Waals surface area contributed by atoms with Crippen LogP contribution in [0, 0.1) is 0 Å². The van der Waals surface area contributed by atoms with Crippen molar-refractivity contribution in [3.05, 3.63) is 47.6 Å². The Balaban J connectivity index is 2.07. The first kappa shape index (κ1) is 13.0. The van der Waals surface area contributed by atoms with Gasteiger partial charge in [0.25, 0.3) is 0 Å². The van der Waals surface area contributed by atoms with Crippen molar-refractivity contribution in [1.29, 1.82) is 0 Å². The second kappa shape index (κ2) is 5.56. The molecule has 0 aliphatic carbocycles. The van der Waals surface area contributed by atoms with Crippen LogP contribution in [0.15, 0.2) is 42.7 Å². The molecule has 0 aliphatic heterocycles. The molecule has 3 aromatic rings. The zero-order valence-electron chi connectivity index (χ0n) is 11.5. The van der Waals surface area contributed by atoms with Gasteiger partial charge in [-0.25, -0.2) is 4.98 Å². The summed E-state index contributed by atoms with van der Waals surface area (Å²) >= 11 is 1.72. The lowest BCUT2D eigenvalue weighted by Gasteiger charge is -2.00. The minimum absolute atomic E-state index is 0.822. The van der Waals surface area contributed by atoms with E-state index in [9.17, 15) is 0 Å². The molecule has 0 radical (unpaired) electrons. The monoisotopic (exact) mass is 284 g/mol. The maximum Gasteiger partial charge on any atom is 0.127 e. The summed E-state index contributed by atoms with van der Waals surface area (Å²) in [5.41, 5.74) is 3.28. The van der Waals surface area contributed by atoms with Crippen LogP contribution < -0.4 is 5.32 Å². The molecule has 2 heterocycles. The van der Waals surface area contributed by atoms with Crippen LogP contribution in [0.1, 0.15) is 4.88 Å². The van der Waals surface area contributed by atoms with E-state index in [0.717, 1.165) is 28.4 Å². The first-order valence-corrected chi connectivity index (χ1v) is 7.28. The molecule has 0 unspecified atom stereocenters. The molecular weight excluding hydrogens is 268 g/mol. The summed E-state index contributed by atoms with van der Waals surface area (Å²) in [6, 6.07) is 10.3. The number of hydrogen-bond acceptors (Lipinski definition) is 4. The zero-order valence-corrected chi connectivity index (χ0v) is 12.3. The average molecular weight is 284 g/mol. The van der Waals surface area contributed by atoms with E-state index >= 15 is 0 Å². The molecule has 2 aromatic heterocycles. The normalized spacial score (nSPS) is 10.9. The largest absolute Gasteiger partial charge is 0.315 e. The van der Waals surface area contributed by atoms with Gasteiger partial charge in [0, 0.05) is 35.8 Å². The molecule has 1 N–H and O–H groups in total. The lowest BCUT2D eigenvalue weighted by Crippen LogP contribution is -2.04. The second-order valence-corrected chi connectivity index (χ2v) is 5.67. The highest BCUT2D eigenvalue weighted by molar-refractivity contribution is 7.15. The number of benzene rings is 1. The van der Waals surface area contributed by atoms with Crippen molar-refractivity contribution in [3.8, 4) is 21.8 Å². The van der Waals surface area contributed by atoms with Crippen molar-refractivity contribution < 1.29 is 0 Å². The van der Waals surface area contributed by atoms with Gasteiger partial charge in [-0.05, 0) is 7.05 Å². The fourth-order valence-corrected chi connectivity index (χ4v) is 3.18. The molecule has 102 valence electrons. The van der Waals surface area contributed by atoms with Gasteiger partial charge in [0.05, 0.1) is 11.9 Å². The Morgan fingerprint density at radius 3 is 2.65 bits per heavy atom. The van der Waals surface area contributed by atoms with Crippen LogP contribution in [0.2, 0.25) is 0 Å². The number of hydrogen-bond donors (Lipinski definition) is 1. The minimum atomic E-state index is 0.822. The molecule has 0 amide bonds. The third-order valence-electron chi connectivity index (χ3n) is 3.03. The summed E-state index contributed by atoms with van der Waals surface area (Å²) < 4.78 is 1.80. The molecule has 5 heteroatoms. The van der Waals surface area contributed by atoms with Crippen LogP contribution in [0.5, 0.6) is 0 Å². The summed E-state index contributed by atoms with van der Waals surface area (Å²) in [7, 11) is 3.88. The van der Waals surface area contributed by atoms with Crippen molar-refractivity contribution >= 4 is 11.3 Å². The molecule has 20 heavy (non-hydrogen) atoms. The quantitative estimate of drug-likeness (QED) is 0.801. The molecule has 0 saturated carbocycles. The van der Waals surface area contributed by atoms with E-state index < -0.39 is 0 Å². The van der Waals surface area contributed by atoms with Gasteiger partial charge in [-0.1, -0.05) is 30.3 Å². The third-order valence-corrected chi connectivity index (χ3v) is 4.14. The number of thiazole rings is 1. The molecule has 0 aliphatic rings. The Morgan fingerprint density at radius 2 is 2.00 bits per heavy atom.